The molecule has 0 aliphatic carbocycles. The Morgan fingerprint density at radius 3 is 1.33 bits per heavy atom. The van der Waals surface area contributed by atoms with Gasteiger partial charge in [0.15, 0.2) is 13.2 Å². The van der Waals surface area contributed by atoms with Gasteiger partial charge in [-0.3, -0.25) is 9.68 Å². The minimum Gasteiger partial charge on any atom is -0.871 e. The summed E-state index contributed by atoms with van der Waals surface area (Å²) in [6.45, 7) is 5.30. The molecule has 10 heteroatoms. The third kappa shape index (κ3) is 11.8. The molecule has 0 atom stereocenters. The molecule has 0 saturated carbocycles. The molecule has 2 aromatic heterocycles. The third-order valence-corrected chi connectivity index (χ3v) is 7.23. The average Bonchev–Trinajstić information content (AvgIpc) is 3.07. The number of aromatic nitrogens is 2. The van der Waals surface area contributed by atoms with Crippen LogP contribution in [0, 0.1) is 0 Å². The maximum atomic E-state index is 10.7. The summed E-state index contributed by atoms with van der Waals surface area (Å²) in [4.78, 5) is 10.2. The van der Waals surface area contributed by atoms with Gasteiger partial charge >= 0.3 is 0 Å². The lowest BCUT2D eigenvalue weighted by Gasteiger charge is -2.37. The lowest BCUT2D eigenvalue weighted by atomic mass is 9.67. The van der Waals surface area contributed by atoms with Crippen molar-refractivity contribution < 1.29 is 33.8 Å². The summed E-state index contributed by atoms with van der Waals surface area (Å²) in [5, 5.41) is 22.7. The Balaban J connectivity index is 0.000000235. The molecule has 5 rings (SSSR count). The quantitative estimate of drug-likeness (QED) is 0.0841. The van der Waals surface area contributed by atoms with Crippen molar-refractivity contribution in [2.45, 2.75) is 32.1 Å². The van der Waals surface area contributed by atoms with Crippen LogP contribution in [0.25, 0.3) is 0 Å². The molecule has 0 amide bonds. The van der Waals surface area contributed by atoms with E-state index >= 15 is 0 Å². The summed E-state index contributed by atoms with van der Waals surface area (Å²) in [6.07, 6.45) is 8.37. The molecular formula is C36H39BCl2N2O5. The highest BCUT2D eigenvalue weighted by molar-refractivity contribution is 6.30. The van der Waals surface area contributed by atoms with Gasteiger partial charge in [-0.1, -0.05) is 114 Å². The van der Waals surface area contributed by atoms with E-state index in [1.807, 2.05) is 80.6 Å². The minimum absolute atomic E-state index is 0.159. The predicted octanol–water partition coefficient (Wildman–Crippen LogP) is 4.68. The first kappa shape index (κ1) is 36.6. The molecule has 7 nitrogen and oxygen atoms in total. The number of halogens is 2. The molecule has 0 fully saturated rings. The molecule has 0 aliphatic heterocycles. The highest BCUT2D eigenvalue weighted by Crippen LogP contribution is 2.42. The Bertz CT molecular complexity index is 1390. The first-order chi connectivity index (χ1) is 22.4. The molecule has 2 heterocycles. The van der Waals surface area contributed by atoms with Crippen LogP contribution in [0.1, 0.15) is 43.4 Å². The second-order valence-corrected chi connectivity index (χ2v) is 10.7. The van der Waals surface area contributed by atoms with Gasteiger partial charge in [0, 0.05) is 33.6 Å². The number of benzene rings is 3. The van der Waals surface area contributed by atoms with E-state index in [0.717, 1.165) is 6.42 Å². The summed E-state index contributed by atoms with van der Waals surface area (Å²) in [6, 6.07) is 38.3. The lowest BCUT2D eigenvalue weighted by Crippen LogP contribution is -2.48. The van der Waals surface area contributed by atoms with Crippen molar-refractivity contribution >= 4 is 30.5 Å². The topological polar surface area (TPSA) is 81.6 Å². The van der Waals surface area contributed by atoms with Crippen molar-refractivity contribution in [2.24, 2.45) is 0 Å². The van der Waals surface area contributed by atoms with Crippen LogP contribution in [-0.2, 0) is 10.1 Å². The Morgan fingerprint density at radius 2 is 1.00 bits per heavy atom. The zero-order chi connectivity index (χ0) is 33.0. The van der Waals surface area contributed by atoms with Crippen molar-refractivity contribution in [3.05, 3.63) is 167 Å². The molecular weight excluding hydrogens is 622 g/mol. The number of rotatable bonds is 12. The van der Waals surface area contributed by atoms with Crippen molar-refractivity contribution in [2.75, 3.05) is 19.8 Å². The van der Waals surface area contributed by atoms with Gasteiger partial charge in [0.05, 0.1) is 7.32 Å². The van der Waals surface area contributed by atoms with Crippen LogP contribution >= 0.6 is 23.2 Å². The summed E-state index contributed by atoms with van der Waals surface area (Å²) in [7, 11) is -2.23. The van der Waals surface area contributed by atoms with Crippen LogP contribution in [0.15, 0.2) is 140 Å². The molecule has 0 aliphatic rings. The summed E-state index contributed by atoms with van der Waals surface area (Å²) in [5.74, 6) is 0. The van der Waals surface area contributed by atoms with Crippen LogP contribution in [0.2, 0.25) is 10.0 Å². The standard InChI is InChI=1S/C22H21BO3.2C7H9ClNO/c24-23(25)26-18-10-17-22(19-11-4-1-5-12-19,20-13-6-2-7-14-20)21-15-8-3-9-16-21;2*1-2-10-9-5-3-4-7(8)6-9/h1-9,11-16H,10,17-18H2;2*3-6H,2H2,1H3/q-2;2*+1. The summed E-state index contributed by atoms with van der Waals surface area (Å²) >= 11 is 11.4. The van der Waals surface area contributed by atoms with Gasteiger partial charge in [0.2, 0.25) is 24.8 Å². The molecule has 240 valence electrons. The van der Waals surface area contributed by atoms with E-state index in [1.54, 1.807) is 46.4 Å². The van der Waals surface area contributed by atoms with Gasteiger partial charge in [-0.15, -0.1) is 0 Å². The first-order valence-electron chi connectivity index (χ1n) is 15.1. The van der Waals surface area contributed by atoms with Gasteiger partial charge < -0.3 is 14.7 Å². The molecule has 0 bridgehead atoms. The fraction of sp³-hybridized carbons (Fsp3) is 0.222. The van der Waals surface area contributed by atoms with E-state index in [1.165, 1.54) is 16.7 Å². The van der Waals surface area contributed by atoms with Crippen LogP contribution < -0.4 is 29.2 Å². The molecule has 0 N–H and O–H groups in total. The molecule has 3 aromatic carbocycles. The number of pyridine rings is 2. The van der Waals surface area contributed by atoms with E-state index in [0.29, 0.717) is 29.7 Å². The smallest absolute Gasteiger partial charge is 0.240 e. The maximum Gasteiger partial charge on any atom is 0.240 e. The minimum atomic E-state index is -2.23. The fourth-order valence-corrected chi connectivity index (χ4v) is 5.27. The summed E-state index contributed by atoms with van der Waals surface area (Å²) < 4.78 is 7.91. The van der Waals surface area contributed by atoms with E-state index < -0.39 is 7.32 Å². The summed E-state index contributed by atoms with van der Waals surface area (Å²) in [5.41, 5.74) is 3.17. The Kier molecular flexibility index (Phi) is 16.1. The fourth-order valence-electron chi connectivity index (χ4n) is 4.93. The number of hydrogen-bond donors (Lipinski definition) is 0. The van der Waals surface area contributed by atoms with Gasteiger partial charge in [-0.05, 0) is 55.5 Å². The highest BCUT2D eigenvalue weighted by Gasteiger charge is 2.35. The van der Waals surface area contributed by atoms with Crippen molar-refractivity contribution in [3.8, 4) is 0 Å². The molecule has 0 radical (unpaired) electrons. The van der Waals surface area contributed by atoms with Crippen LogP contribution in [0.5, 0.6) is 0 Å². The first-order valence-corrected chi connectivity index (χ1v) is 15.8. The zero-order valence-corrected chi connectivity index (χ0v) is 27.6. The number of nitrogens with zero attached hydrogens (tertiary/aromatic N) is 2. The lowest BCUT2D eigenvalue weighted by molar-refractivity contribution is -0.890. The molecule has 0 saturated heterocycles. The normalized spacial score (nSPS) is 10.5. The van der Waals surface area contributed by atoms with Crippen LogP contribution in [-0.4, -0.2) is 27.1 Å². The average molecular weight is 661 g/mol. The Labute approximate surface area is 282 Å². The Hall–Kier alpha value is -3.92. The van der Waals surface area contributed by atoms with Gasteiger partial charge in [-0.25, -0.2) is 0 Å². The second kappa shape index (κ2) is 20.3. The third-order valence-electron chi connectivity index (χ3n) is 6.78. The Morgan fingerprint density at radius 1 is 0.609 bits per heavy atom. The zero-order valence-electron chi connectivity index (χ0n) is 26.1. The van der Waals surface area contributed by atoms with Gasteiger partial charge in [0.25, 0.3) is 0 Å². The highest BCUT2D eigenvalue weighted by atomic mass is 35.5. The van der Waals surface area contributed by atoms with E-state index in [2.05, 4.69) is 36.4 Å². The van der Waals surface area contributed by atoms with Crippen LogP contribution in [0.3, 0.4) is 0 Å². The molecule has 46 heavy (non-hydrogen) atoms. The van der Waals surface area contributed by atoms with Crippen LogP contribution in [0.4, 0.5) is 0 Å². The maximum absolute atomic E-state index is 10.7. The molecule has 0 spiro atoms. The van der Waals surface area contributed by atoms with Crippen molar-refractivity contribution in [3.63, 3.8) is 0 Å². The van der Waals surface area contributed by atoms with E-state index in [4.69, 9.17) is 37.5 Å². The SMILES string of the molecule is CCO[n+]1cccc(Cl)c1.CCO[n+]1cccc(Cl)c1.[O-]B([O-])OCCCC(c1ccccc1)(c1ccccc1)c1ccccc1. The van der Waals surface area contributed by atoms with Crippen molar-refractivity contribution in [1.29, 1.82) is 0 Å². The van der Waals surface area contributed by atoms with Crippen molar-refractivity contribution in [1.82, 2.24) is 0 Å². The van der Waals surface area contributed by atoms with E-state index in [9.17, 15) is 10.0 Å². The van der Waals surface area contributed by atoms with Gasteiger partial charge in [-0.2, -0.15) is 0 Å². The van der Waals surface area contributed by atoms with E-state index in [-0.39, 0.29) is 12.0 Å². The molecule has 5 aromatic rings. The number of hydrogen-bond acceptors (Lipinski definition) is 5. The van der Waals surface area contributed by atoms with Gasteiger partial charge in [0.1, 0.15) is 10.0 Å². The largest absolute Gasteiger partial charge is 0.871 e. The molecule has 0 unspecified atom stereocenters. The second-order valence-electron chi connectivity index (χ2n) is 9.87. The monoisotopic (exact) mass is 660 g/mol. The predicted molar refractivity (Wildman–Crippen MR) is 178 cm³/mol.